The largest absolute Gasteiger partial charge is 0.373 e. The molecule has 5 heteroatoms. The molecule has 4 unspecified atom stereocenters. The highest BCUT2D eigenvalue weighted by Gasteiger charge is 2.41. The van der Waals surface area contributed by atoms with E-state index >= 15 is 0 Å². The van der Waals surface area contributed by atoms with Crippen molar-refractivity contribution in [1.82, 2.24) is 10.6 Å². The van der Waals surface area contributed by atoms with Gasteiger partial charge in [0.25, 0.3) is 0 Å². The van der Waals surface area contributed by atoms with Crippen molar-refractivity contribution in [2.75, 3.05) is 6.54 Å². The minimum Gasteiger partial charge on any atom is -0.373 e. The van der Waals surface area contributed by atoms with Gasteiger partial charge in [0.15, 0.2) is 0 Å². The fraction of sp³-hybridized carbons (Fsp3) is 0.917. The zero-order valence-corrected chi connectivity index (χ0v) is 10.8. The Morgan fingerprint density at radius 1 is 1.24 bits per heavy atom. The number of fused-ring (bicyclic) bond motifs is 2. The summed E-state index contributed by atoms with van der Waals surface area (Å²) in [6.45, 7) is 0.977. The van der Waals surface area contributed by atoms with Gasteiger partial charge in [0, 0.05) is 0 Å². The number of hydrogen-bond donors (Lipinski definition) is 2. The number of piperidine rings is 1. The fourth-order valence-electron chi connectivity index (χ4n) is 3.15. The Kier molecular flexibility index (Phi) is 4.28. The van der Waals surface area contributed by atoms with Crippen molar-refractivity contribution < 1.29 is 9.53 Å². The van der Waals surface area contributed by atoms with Gasteiger partial charge in [-0.1, -0.05) is 6.42 Å². The molecular weight excluding hydrogens is 240 g/mol. The molecule has 4 atom stereocenters. The Balaban J connectivity index is 0.00000108. The summed E-state index contributed by atoms with van der Waals surface area (Å²) in [6.07, 6.45) is 7.36. The Morgan fingerprint density at radius 3 is 2.71 bits per heavy atom. The standard InChI is InChI=1S/C12H20N2O2.ClH/c15-12(9-3-1-2-6-13-9)14-10-7-8-4-5-11(10)16-8;/h8-11,13H,1-7H2,(H,14,15);1H. The number of hydrogen-bond acceptors (Lipinski definition) is 3. The highest BCUT2D eigenvalue weighted by molar-refractivity contribution is 5.85. The number of rotatable bonds is 2. The van der Waals surface area contributed by atoms with E-state index in [-0.39, 0.29) is 36.5 Å². The van der Waals surface area contributed by atoms with Gasteiger partial charge in [0.1, 0.15) is 0 Å². The van der Waals surface area contributed by atoms with Crippen molar-refractivity contribution >= 4 is 18.3 Å². The molecule has 4 nitrogen and oxygen atoms in total. The molecule has 3 aliphatic heterocycles. The summed E-state index contributed by atoms with van der Waals surface area (Å²) in [4.78, 5) is 12.0. The maximum absolute atomic E-state index is 12.0. The van der Waals surface area contributed by atoms with Crippen LogP contribution in [0.15, 0.2) is 0 Å². The molecule has 3 heterocycles. The van der Waals surface area contributed by atoms with Crippen molar-refractivity contribution in [2.24, 2.45) is 0 Å². The third kappa shape index (κ3) is 2.75. The van der Waals surface area contributed by atoms with Crippen LogP contribution in [0.3, 0.4) is 0 Å². The average molecular weight is 261 g/mol. The summed E-state index contributed by atoms with van der Waals surface area (Å²) in [5, 5.41) is 6.44. The van der Waals surface area contributed by atoms with Crippen molar-refractivity contribution in [3.63, 3.8) is 0 Å². The molecule has 0 aromatic carbocycles. The van der Waals surface area contributed by atoms with E-state index in [2.05, 4.69) is 10.6 Å². The lowest BCUT2D eigenvalue weighted by Crippen LogP contribution is -2.51. The minimum absolute atomic E-state index is 0. The van der Waals surface area contributed by atoms with Crippen LogP contribution in [0.2, 0.25) is 0 Å². The second-order valence-corrected chi connectivity index (χ2v) is 5.23. The van der Waals surface area contributed by atoms with Gasteiger partial charge in [-0.15, -0.1) is 12.4 Å². The van der Waals surface area contributed by atoms with Gasteiger partial charge in [-0.3, -0.25) is 4.79 Å². The summed E-state index contributed by atoms with van der Waals surface area (Å²) in [5.41, 5.74) is 0. The second kappa shape index (κ2) is 5.55. The molecule has 0 saturated carbocycles. The number of halogens is 1. The van der Waals surface area contributed by atoms with E-state index in [1.807, 2.05) is 0 Å². The minimum atomic E-state index is 0. The SMILES string of the molecule is Cl.O=C(NC1CC2CCC1O2)C1CCCCN1. The molecule has 1 amide bonds. The molecular formula is C12H21ClN2O2. The van der Waals surface area contributed by atoms with Crippen molar-refractivity contribution in [3.8, 4) is 0 Å². The molecule has 2 bridgehead atoms. The van der Waals surface area contributed by atoms with Crippen LogP contribution in [0.1, 0.15) is 38.5 Å². The monoisotopic (exact) mass is 260 g/mol. The Morgan fingerprint density at radius 2 is 2.12 bits per heavy atom. The number of ether oxygens (including phenoxy) is 1. The van der Waals surface area contributed by atoms with Crippen LogP contribution in [0.25, 0.3) is 0 Å². The summed E-state index contributed by atoms with van der Waals surface area (Å²) in [5.74, 6) is 0.181. The van der Waals surface area contributed by atoms with Crippen molar-refractivity contribution in [1.29, 1.82) is 0 Å². The van der Waals surface area contributed by atoms with Crippen LogP contribution >= 0.6 is 12.4 Å². The van der Waals surface area contributed by atoms with Crippen molar-refractivity contribution in [2.45, 2.75) is 62.8 Å². The molecule has 3 aliphatic rings. The normalized spacial score (nSPS) is 39.8. The van der Waals surface area contributed by atoms with Crippen LogP contribution in [0.4, 0.5) is 0 Å². The fourth-order valence-corrected chi connectivity index (χ4v) is 3.15. The summed E-state index contributed by atoms with van der Waals surface area (Å²) < 4.78 is 5.74. The van der Waals surface area contributed by atoms with Crippen LogP contribution in [0, 0.1) is 0 Å². The van der Waals surface area contributed by atoms with Crippen LogP contribution in [-0.2, 0) is 9.53 Å². The molecule has 3 rings (SSSR count). The average Bonchev–Trinajstić information content (AvgIpc) is 2.92. The molecule has 0 aromatic heterocycles. The van der Waals surface area contributed by atoms with E-state index in [1.54, 1.807) is 0 Å². The first-order valence-electron chi connectivity index (χ1n) is 6.52. The maximum Gasteiger partial charge on any atom is 0.237 e. The number of carbonyl (C=O) groups is 1. The molecule has 0 aliphatic carbocycles. The van der Waals surface area contributed by atoms with Gasteiger partial charge in [-0.2, -0.15) is 0 Å². The molecule has 98 valence electrons. The Bertz CT molecular complexity index is 282. The van der Waals surface area contributed by atoms with Gasteiger partial charge >= 0.3 is 0 Å². The van der Waals surface area contributed by atoms with E-state index < -0.39 is 0 Å². The van der Waals surface area contributed by atoms with E-state index in [1.165, 1.54) is 12.8 Å². The lowest BCUT2D eigenvalue weighted by molar-refractivity contribution is -0.124. The van der Waals surface area contributed by atoms with Crippen LogP contribution in [-0.4, -0.2) is 36.7 Å². The zero-order chi connectivity index (χ0) is 11.0. The number of nitrogens with one attached hydrogen (secondary N) is 2. The lowest BCUT2D eigenvalue weighted by atomic mass is 9.95. The summed E-state index contributed by atoms with van der Waals surface area (Å²) >= 11 is 0. The third-order valence-corrected chi connectivity index (χ3v) is 4.06. The predicted octanol–water partition coefficient (Wildman–Crippen LogP) is 0.986. The number of amides is 1. The lowest BCUT2D eigenvalue weighted by Gasteiger charge is -2.26. The highest BCUT2D eigenvalue weighted by Crippen LogP contribution is 2.34. The van der Waals surface area contributed by atoms with Gasteiger partial charge in [-0.05, 0) is 38.6 Å². The van der Waals surface area contributed by atoms with Crippen molar-refractivity contribution in [3.05, 3.63) is 0 Å². The molecule has 2 N–H and O–H groups in total. The smallest absolute Gasteiger partial charge is 0.237 e. The Hall–Kier alpha value is -0.320. The molecule has 0 radical (unpaired) electrons. The molecule has 3 saturated heterocycles. The van der Waals surface area contributed by atoms with E-state index in [0.29, 0.717) is 6.10 Å². The van der Waals surface area contributed by atoms with Crippen LogP contribution < -0.4 is 10.6 Å². The summed E-state index contributed by atoms with van der Waals surface area (Å²) in [7, 11) is 0. The zero-order valence-electron chi connectivity index (χ0n) is 9.98. The molecule has 17 heavy (non-hydrogen) atoms. The third-order valence-electron chi connectivity index (χ3n) is 4.06. The summed E-state index contributed by atoms with van der Waals surface area (Å²) in [6, 6.07) is 0.308. The first kappa shape index (κ1) is 13.1. The van der Waals surface area contributed by atoms with Gasteiger partial charge in [0.05, 0.1) is 24.3 Å². The number of carbonyl (C=O) groups excluding carboxylic acids is 1. The van der Waals surface area contributed by atoms with Gasteiger partial charge in [0.2, 0.25) is 5.91 Å². The van der Waals surface area contributed by atoms with Crippen LogP contribution in [0.5, 0.6) is 0 Å². The molecule has 0 aromatic rings. The first-order chi connectivity index (χ1) is 7.83. The quantitative estimate of drug-likeness (QED) is 0.779. The Labute approximate surface area is 108 Å². The van der Waals surface area contributed by atoms with Gasteiger partial charge < -0.3 is 15.4 Å². The molecule has 0 spiro atoms. The van der Waals surface area contributed by atoms with E-state index in [9.17, 15) is 4.79 Å². The van der Waals surface area contributed by atoms with E-state index in [0.717, 1.165) is 32.2 Å². The second-order valence-electron chi connectivity index (χ2n) is 5.23. The molecule has 3 fully saturated rings. The highest BCUT2D eigenvalue weighted by atomic mass is 35.5. The maximum atomic E-state index is 12.0. The predicted molar refractivity (Wildman–Crippen MR) is 67.3 cm³/mol. The topological polar surface area (TPSA) is 50.4 Å². The first-order valence-corrected chi connectivity index (χ1v) is 6.52. The van der Waals surface area contributed by atoms with E-state index in [4.69, 9.17) is 4.74 Å². The van der Waals surface area contributed by atoms with Gasteiger partial charge in [-0.25, -0.2) is 0 Å².